The molecule has 0 aliphatic carbocycles. The first-order valence-electron chi connectivity index (χ1n) is 5.71. The highest BCUT2D eigenvalue weighted by molar-refractivity contribution is 9.10. The second-order valence-electron chi connectivity index (χ2n) is 4.29. The van der Waals surface area contributed by atoms with Crippen molar-refractivity contribution in [1.82, 2.24) is 24.6 Å². The second-order valence-corrected chi connectivity index (χ2v) is 7.12. The normalized spacial score (nSPS) is 11.9. The van der Waals surface area contributed by atoms with E-state index in [0.717, 1.165) is 16.3 Å². The van der Waals surface area contributed by atoms with Gasteiger partial charge in [-0.25, -0.2) is 8.42 Å². The summed E-state index contributed by atoms with van der Waals surface area (Å²) in [6.07, 6.45) is 1.00. The van der Waals surface area contributed by atoms with Crippen LogP contribution in [-0.2, 0) is 9.84 Å². The van der Waals surface area contributed by atoms with E-state index in [2.05, 4.69) is 36.0 Å². The fraction of sp³-hybridized carbons (Fsp3) is 0.0909. The number of halogens is 1. The Morgan fingerprint density at radius 1 is 1.24 bits per heavy atom. The summed E-state index contributed by atoms with van der Waals surface area (Å²) < 4.78 is 25.1. The number of nitrogens with two attached hydrogens (primary N) is 1. The molecule has 0 amide bonds. The Labute approximate surface area is 128 Å². The molecule has 0 saturated carbocycles. The minimum absolute atomic E-state index is 0.0814. The fourth-order valence-corrected chi connectivity index (χ4v) is 2.61. The van der Waals surface area contributed by atoms with E-state index in [0.29, 0.717) is 5.82 Å². The predicted molar refractivity (Wildman–Crippen MR) is 79.2 cm³/mol. The molecule has 2 N–H and O–H groups in total. The Morgan fingerprint density at radius 3 is 2.67 bits per heavy atom. The Morgan fingerprint density at radius 2 is 2.00 bits per heavy atom. The highest BCUT2D eigenvalue weighted by Crippen LogP contribution is 2.21. The van der Waals surface area contributed by atoms with Crippen molar-refractivity contribution >= 4 is 37.5 Å². The number of anilines is 1. The van der Waals surface area contributed by atoms with E-state index >= 15 is 0 Å². The van der Waals surface area contributed by atoms with Gasteiger partial charge in [0.2, 0.25) is 15.8 Å². The number of hydrogen-bond donors (Lipinski definition) is 1. The van der Waals surface area contributed by atoms with Gasteiger partial charge in [0, 0.05) is 16.3 Å². The van der Waals surface area contributed by atoms with Crippen LogP contribution in [-0.4, -0.2) is 39.2 Å². The summed E-state index contributed by atoms with van der Waals surface area (Å²) in [7, 11) is -3.57. The van der Waals surface area contributed by atoms with Gasteiger partial charge in [-0.2, -0.15) is 19.5 Å². The van der Waals surface area contributed by atoms with Crippen molar-refractivity contribution in [2.45, 2.75) is 5.16 Å². The van der Waals surface area contributed by atoms with E-state index in [1.165, 1.54) is 4.52 Å². The SMILES string of the molecule is CS(=O)(=O)c1nc(N)n2nc(-c3cccc(Br)c3)nc2n1. The smallest absolute Gasteiger partial charge is 0.258 e. The Kier molecular flexibility index (Phi) is 3.14. The van der Waals surface area contributed by atoms with Crippen LogP contribution >= 0.6 is 15.9 Å². The van der Waals surface area contributed by atoms with Crippen LogP contribution < -0.4 is 5.73 Å². The zero-order chi connectivity index (χ0) is 15.2. The average Bonchev–Trinajstić information content (AvgIpc) is 2.82. The van der Waals surface area contributed by atoms with Crippen LogP contribution in [0.5, 0.6) is 0 Å². The molecule has 0 saturated heterocycles. The molecular formula is C11H9BrN6O2S. The maximum absolute atomic E-state index is 11.5. The number of hydrogen-bond acceptors (Lipinski definition) is 7. The molecule has 3 aromatic rings. The molecule has 0 aliphatic rings. The highest BCUT2D eigenvalue weighted by atomic mass is 79.9. The number of benzene rings is 1. The number of rotatable bonds is 2. The van der Waals surface area contributed by atoms with E-state index in [4.69, 9.17) is 5.73 Å². The first-order valence-corrected chi connectivity index (χ1v) is 8.39. The van der Waals surface area contributed by atoms with E-state index in [-0.39, 0.29) is 16.9 Å². The lowest BCUT2D eigenvalue weighted by molar-refractivity contribution is 0.592. The number of fused-ring (bicyclic) bond motifs is 1. The van der Waals surface area contributed by atoms with Gasteiger partial charge in [0.15, 0.2) is 5.82 Å². The lowest BCUT2D eigenvalue weighted by atomic mass is 10.2. The summed E-state index contributed by atoms with van der Waals surface area (Å²) in [6.45, 7) is 0. The molecule has 21 heavy (non-hydrogen) atoms. The van der Waals surface area contributed by atoms with Gasteiger partial charge in [-0.15, -0.1) is 5.10 Å². The van der Waals surface area contributed by atoms with Gasteiger partial charge in [-0.1, -0.05) is 28.1 Å². The summed E-state index contributed by atoms with van der Waals surface area (Å²) in [5.74, 6) is 0.370. The maximum Gasteiger partial charge on any atom is 0.258 e. The van der Waals surface area contributed by atoms with E-state index in [9.17, 15) is 8.42 Å². The molecule has 1 aromatic carbocycles. The van der Waals surface area contributed by atoms with Crippen molar-refractivity contribution < 1.29 is 8.42 Å². The second kappa shape index (κ2) is 4.74. The number of sulfone groups is 1. The molecular weight excluding hydrogens is 360 g/mol. The van der Waals surface area contributed by atoms with Crippen LogP contribution in [0.3, 0.4) is 0 Å². The van der Waals surface area contributed by atoms with Crippen LogP contribution in [0.2, 0.25) is 0 Å². The first-order chi connectivity index (χ1) is 9.84. The van der Waals surface area contributed by atoms with Gasteiger partial charge in [0.1, 0.15) is 0 Å². The molecule has 0 spiro atoms. The minimum atomic E-state index is -3.57. The molecule has 0 bridgehead atoms. The third-order valence-corrected chi connectivity index (χ3v) is 3.97. The lowest BCUT2D eigenvalue weighted by Crippen LogP contribution is -2.11. The van der Waals surface area contributed by atoms with Crippen LogP contribution in [0, 0.1) is 0 Å². The van der Waals surface area contributed by atoms with Gasteiger partial charge in [0.25, 0.3) is 10.9 Å². The largest absolute Gasteiger partial charge is 0.368 e. The Hall–Kier alpha value is -2.07. The highest BCUT2D eigenvalue weighted by Gasteiger charge is 2.17. The van der Waals surface area contributed by atoms with Crippen LogP contribution in [0.15, 0.2) is 33.9 Å². The summed E-state index contributed by atoms with van der Waals surface area (Å²) in [5, 5.41) is 3.81. The summed E-state index contributed by atoms with van der Waals surface area (Å²) in [5.41, 5.74) is 6.46. The van der Waals surface area contributed by atoms with Crippen molar-refractivity contribution in [3.63, 3.8) is 0 Å². The summed E-state index contributed by atoms with van der Waals surface area (Å²) in [4.78, 5) is 11.8. The monoisotopic (exact) mass is 368 g/mol. The number of aromatic nitrogens is 5. The van der Waals surface area contributed by atoms with Crippen molar-refractivity contribution in [2.24, 2.45) is 0 Å². The summed E-state index contributed by atoms with van der Waals surface area (Å²) >= 11 is 3.36. The van der Waals surface area contributed by atoms with Gasteiger partial charge < -0.3 is 5.73 Å². The molecule has 0 aliphatic heterocycles. The van der Waals surface area contributed by atoms with Gasteiger partial charge in [-0.05, 0) is 12.1 Å². The first kappa shape index (κ1) is 13.9. The average molecular weight is 369 g/mol. The molecule has 8 nitrogen and oxygen atoms in total. The van der Waals surface area contributed by atoms with Crippen LogP contribution in [0.1, 0.15) is 0 Å². The topological polar surface area (TPSA) is 116 Å². The standard InChI is InChI=1S/C11H9BrN6O2S/c1-21(19,20)11-15-9(13)18-10(16-11)14-8(17-18)6-3-2-4-7(12)5-6/h2-5H,1H3,(H2,13,14,15,16,17). The van der Waals surface area contributed by atoms with Crippen molar-refractivity contribution in [3.8, 4) is 11.4 Å². The van der Waals surface area contributed by atoms with Crippen LogP contribution in [0.25, 0.3) is 17.2 Å². The van der Waals surface area contributed by atoms with Crippen molar-refractivity contribution in [2.75, 3.05) is 12.0 Å². The van der Waals surface area contributed by atoms with Gasteiger partial charge in [0.05, 0.1) is 0 Å². The third kappa shape index (κ3) is 2.59. The molecule has 2 heterocycles. The molecule has 2 aromatic heterocycles. The fourth-order valence-electron chi connectivity index (χ4n) is 1.70. The van der Waals surface area contributed by atoms with Crippen LogP contribution in [0.4, 0.5) is 5.95 Å². The molecule has 0 unspecified atom stereocenters. The van der Waals surface area contributed by atoms with Crippen molar-refractivity contribution in [1.29, 1.82) is 0 Å². The lowest BCUT2D eigenvalue weighted by Gasteiger charge is -1.99. The predicted octanol–water partition coefficient (Wildman–Crippen LogP) is 0.934. The zero-order valence-electron chi connectivity index (χ0n) is 10.7. The zero-order valence-corrected chi connectivity index (χ0v) is 13.1. The molecule has 0 atom stereocenters. The van der Waals surface area contributed by atoms with E-state index in [1.807, 2.05) is 24.3 Å². The number of nitrogens with zero attached hydrogens (tertiary/aromatic N) is 5. The molecule has 0 fully saturated rings. The molecule has 0 radical (unpaired) electrons. The van der Waals surface area contributed by atoms with E-state index < -0.39 is 9.84 Å². The molecule has 108 valence electrons. The van der Waals surface area contributed by atoms with E-state index in [1.54, 1.807) is 0 Å². The quantitative estimate of drug-likeness (QED) is 0.714. The Balaban J connectivity index is 2.23. The summed E-state index contributed by atoms with van der Waals surface area (Å²) in [6, 6.07) is 7.35. The minimum Gasteiger partial charge on any atom is -0.368 e. The number of nitrogen functional groups attached to an aromatic ring is 1. The van der Waals surface area contributed by atoms with Crippen molar-refractivity contribution in [3.05, 3.63) is 28.7 Å². The third-order valence-electron chi connectivity index (χ3n) is 2.63. The van der Waals surface area contributed by atoms with Gasteiger partial charge in [-0.3, -0.25) is 0 Å². The molecule has 3 rings (SSSR count). The van der Waals surface area contributed by atoms with Gasteiger partial charge >= 0.3 is 0 Å². The maximum atomic E-state index is 11.5. The Bertz CT molecular complexity index is 953. The molecule has 10 heteroatoms.